The maximum absolute atomic E-state index is 15.0. The summed E-state index contributed by atoms with van der Waals surface area (Å²) in [7, 11) is 0. The Labute approximate surface area is 227 Å². The van der Waals surface area contributed by atoms with Crippen molar-refractivity contribution < 1.29 is 18.8 Å². The third-order valence-electron chi connectivity index (χ3n) is 7.44. The second kappa shape index (κ2) is 11.7. The molecule has 1 aliphatic carbocycles. The van der Waals surface area contributed by atoms with Gasteiger partial charge in [0.1, 0.15) is 10.6 Å². The predicted octanol–water partition coefficient (Wildman–Crippen LogP) is 3.89. The Morgan fingerprint density at radius 3 is 2.61 bits per heavy atom. The van der Waals surface area contributed by atoms with E-state index in [0.29, 0.717) is 24.4 Å². The number of nitrogens with zero attached hydrogens (tertiary/aromatic N) is 1. The normalized spacial score (nSPS) is 21.9. The monoisotopic (exact) mass is 540 g/mol. The zero-order valence-corrected chi connectivity index (χ0v) is 23.0. The van der Waals surface area contributed by atoms with Gasteiger partial charge in [-0.05, 0) is 92.5 Å². The van der Waals surface area contributed by atoms with Crippen LogP contribution >= 0.6 is 0 Å². The molecule has 0 aromatic heterocycles. The average molecular weight is 541 g/mol. The summed E-state index contributed by atoms with van der Waals surface area (Å²) in [6.45, 7) is 6.08. The molecule has 0 spiro atoms. The number of nitriles is 1. The van der Waals surface area contributed by atoms with Gasteiger partial charge in [-0.15, -0.1) is 0 Å². The zero-order valence-electron chi connectivity index (χ0n) is 22.2. The second-order valence-corrected chi connectivity index (χ2v) is 13.6. The van der Waals surface area contributed by atoms with Crippen LogP contribution in [-0.4, -0.2) is 44.9 Å². The van der Waals surface area contributed by atoms with Crippen molar-refractivity contribution >= 4 is 22.8 Å². The molecule has 2 fully saturated rings. The van der Waals surface area contributed by atoms with Gasteiger partial charge < -0.3 is 20.3 Å². The van der Waals surface area contributed by atoms with Crippen molar-refractivity contribution in [2.24, 2.45) is 5.92 Å². The van der Waals surface area contributed by atoms with E-state index in [-0.39, 0.29) is 18.0 Å². The SMILES string of the molecule is CC(C)(C)[S@@+]([O-])CNC(CCC1CC1)(c1cccc(C#N)c1)c1ccc(F)c(NC(=O)[C@H]2C[C@@H](O)CN2)c1. The lowest BCUT2D eigenvalue weighted by Gasteiger charge is -2.38. The van der Waals surface area contributed by atoms with E-state index in [1.54, 1.807) is 18.2 Å². The maximum atomic E-state index is 15.0. The van der Waals surface area contributed by atoms with Crippen LogP contribution in [0.2, 0.25) is 0 Å². The Morgan fingerprint density at radius 2 is 1.97 bits per heavy atom. The van der Waals surface area contributed by atoms with Crippen molar-refractivity contribution in [2.75, 3.05) is 17.7 Å². The van der Waals surface area contributed by atoms with E-state index in [1.165, 1.54) is 6.07 Å². The summed E-state index contributed by atoms with van der Waals surface area (Å²) in [5.74, 6) is -0.174. The minimum atomic E-state index is -1.21. The van der Waals surface area contributed by atoms with E-state index in [0.717, 1.165) is 30.4 Å². The average Bonchev–Trinajstić information content (AvgIpc) is 3.62. The molecule has 1 heterocycles. The van der Waals surface area contributed by atoms with Gasteiger partial charge in [0.25, 0.3) is 0 Å². The molecule has 2 aliphatic rings. The van der Waals surface area contributed by atoms with Crippen LogP contribution in [0.3, 0.4) is 0 Å². The summed E-state index contributed by atoms with van der Waals surface area (Å²) in [5, 5.41) is 28.6. The number of amides is 1. The smallest absolute Gasteiger partial charge is 0.241 e. The van der Waals surface area contributed by atoms with Gasteiger partial charge in [-0.1, -0.05) is 31.0 Å². The number of anilines is 1. The highest BCUT2D eigenvalue weighted by Crippen LogP contribution is 2.42. The van der Waals surface area contributed by atoms with Gasteiger partial charge in [-0.25, -0.2) is 4.39 Å². The molecule has 4 atom stereocenters. The molecular weight excluding hydrogens is 503 g/mol. The first-order chi connectivity index (χ1) is 18.0. The molecule has 204 valence electrons. The van der Waals surface area contributed by atoms with E-state index in [4.69, 9.17) is 0 Å². The standard InChI is InChI=1S/C29H37FN4O3S/c1-28(2,3)38(37)18-33-29(12-11-19-7-8-19,21-6-4-5-20(13-21)16-31)22-9-10-24(30)25(14-22)34-27(36)26-15-23(35)17-32-26/h4-6,9-10,13-14,19,23,26,32-33,35H,7-8,11-12,15,17-18H2,1-3H3,(H,34,36)/t23-,26-,29?,38+/m1/s1. The molecule has 1 saturated carbocycles. The summed E-state index contributed by atoms with van der Waals surface area (Å²) < 4.78 is 27.7. The van der Waals surface area contributed by atoms with Crippen molar-refractivity contribution in [3.8, 4) is 6.07 Å². The highest BCUT2D eigenvalue weighted by molar-refractivity contribution is 7.92. The van der Waals surface area contributed by atoms with E-state index in [1.807, 2.05) is 39.0 Å². The lowest BCUT2D eigenvalue weighted by atomic mass is 9.78. The topological polar surface area (TPSA) is 120 Å². The second-order valence-electron chi connectivity index (χ2n) is 11.4. The zero-order chi connectivity index (χ0) is 27.5. The number of aliphatic hydroxyl groups is 1. The highest BCUT2D eigenvalue weighted by atomic mass is 32.2. The van der Waals surface area contributed by atoms with Crippen LogP contribution in [0.15, 0.2) is 42.5 Å². The van der Waals surface area contributed by atoms with Gasteiger partial charge in [-0.2, -0.15) is 5.26 Å². The molecule has 7 nitrogen and oxygen atoms in total. The van der Waals surface area contributed by atoms with E-state index < -0.39 is 45.3 Å². The fourth-order valence-electron chi connectivity index (χ4n) is 4.86. The lowest BCUT2D eigenvalue weighted by molar-refractivity contribution is -0.118. The van der Waals surface area contributed by atoms with Crippen LogP contribution in [0.4, 0.5) is 10.1 Å². The molecule has 38 heavy (non-hydrogen) atoms. The van der Waals surface area contributed by atoms with Crippen molar-refractivity contribution in [2.45, 2.75) is 75.3 Å². The first-order valence-corrected chi connectivity index (χ1v) is 14.5. The summed E-state index contributed by atoms with van der Waals surface area (Å²) in [5.41, 5.74) is 1.23. The number of carbonyl (C=O) groups excluding carboxylic acids is 1. The molecule has 2 aromatic carbocycles. The van der Waals surface area contributed by atoms with Crippen LogP contribution < -0.4 is 16.0 Å². The first kappa shape index (κ1) is 28.5. The minimum absolute atomic E-state index is 0.0432. The fraction of sp³-hybridized carbons (Fsp3) is 0.517. The molecule has 4 rings (SSSR count). The van der Waals surface area contributed by atoms with E-state index in [2.05, 4.69) is 22.0 Å². The highest BCUT2D eigenvalue weighted by Gasteiger charge is 2.39. The van der Waals surface area contributed by atoms with E-state index >= 15 is 4.39 Å². The quantitative estimate of drug-likeness (QED) is 0.340. The third-order valence-corrected chi connectivity index (χ3v) is 9.21. The predicted molar refractivity (Wildman–Crippen MR) is 147 cm³/mol. The van der Waals surface area contributed by atoms with Gasteiger partial charge in [0.15, 0.2) is 5.88 Å². The van der Waals surface area contributed by atoms with Gasteiger partial charge in [-0.3, -0.25) is 10.1 Å². The number of hydrogen-bond donors (Lipinski definition) is 4. The van der Waals surface area contributed by atoms with Gasteiger partial charge in [0, 0.05) is 6.54 Å². The minimum Gasteiger partial charge on any atom is -0.615 e. The Bertz CT molecular complexity index is 1190. The van der Waals surface area contributed by atoms with Crippen LogP contribution in [0, 0.1) is 23.1 Å². The number of aliphatic hydroxyl groups excluding tert-OH is 1. The van der Waals surface area contributed by atoms with Crippen molar-refractivity contribution in [1.82, 2.24) is 10.6 Å². The Balaban J connectivity index is 1.76. The van der Waals surface area contributed by atoms with Crippen LogP contribution in [-0.2, 0) is 21.5 Å². The number of halogens is 1. The van der Waals surface area contributed by atoms with Gasteiger partial charge in [0.05, 0.1) is 35.0 Å². The molecule has 9 heteroatoms. The molecule has 1 saturated heterocycles. The number of hydrogen-bond acceptors (Lipinski definition) is 6. The molecule has 4 N–H and O–H groups in total. The van der Waals surface area contributed by atoms with Crippen LogP contribution in [0.25, 0.3) is 0 Å². The molecule has 1 unspecified atom stereocenters. The molecule has 2 aromatic rings. The molecule has 0 radical (unpaired) electrons. The Hall–Kier alpha value is -2.48. The van der Waals surface area contributed by atoms with Crippen molar-refractivity contribution in [1.29, 1.82) is 5.26 Å². The first-order valence-electron chi connectivity index (χ1n) is 13.2. The lowest BCUT2D eigenvalue weighted by Crippen LogP contribution is -2.48. The number of carbonyl (C=O) groups is 1. The molecule has 0 bridgehead atoms. The largest absolute Gasteiger partial charge is 0.615 e. The summed E-state index contributed by atoms with van der Waals surface area (Å²) in [4.78, 5) is 12.8. The maximum Gasteiger partial charge on any atom is 0.241 e. The number of nitrogens with one attached hydrogen (secondary N) is 3. The Morgan fingerprint density at radius 1 is 1.24 bits per heavy atom. The van der Waals surface area contributed by atoms with E-state index in [9.17, 15) is 19.7 Å². The van der Waals surface area contributed by atoms with Crippen molar-refractivity contribution in [3.05, 3.63) is 65.0 Å². The molecule has 1 aliphatic heterocycles. The third kappa shape index (κ3) is 6.74. The molecular formula is C29H37FN4O3S. The number of benzene rings is 2. The van der Waals surface area contributed by atoms with Gasteiger partial charge >= 0.3 is 0 Å². The van der Waals surface area contributed by atoms with Crippen molar-refractivity contribution in [3.63, 3.8) is 0 Å². The number of rotatable bonds is 10. The van der Waals surface area contributed by atoms with Crippen LogP contribution in [0.5, 0.6) is 0 Å². The van der Waals surface area contributed by atoms with Gasteiger partial charge in [0.2, 0.25) is 5.91 Å². The summed E-state index contributed by atoms with van der Waals surface area (Å²) in [6, 6.07) is 13.6. The molecule has 1 amide bonds. The Kier molecular flexibility index (Phi) is 8.80. The van der Waals surface area contributed by atoms with Crippen LogP contribution in [0.1, 0.15) is 69.6 Å². The fourth-order valence-corrected chi connectivity index (χ4v) is 5.67. The number of β-amino-alcohol motifs (C(OH)–C–C–N with tert-alkyl or cyclic N) is 1. The summed E-state index contributed by atoms with van der Waals surface area (Å²) >= 11 is -1.21. The summed E-state index contributed by atoms with van der Waals surface area (Å²) in [6.07, 6.45) is 3.54.